The molecule has 0 radical (unpaired) electrons. The van der Waals surface area contributed by atoms with Crippen molar-refractivity contribution in [1.82, 2.24) is 5.32 Å². The molecule has 0 unspecified atom stereocenters. The number of carbonyl (C=O) groups is 3. The fraction of sp³-hybridized carbons (Fsp3) is 0.545. The zero-order valence-electron chi connectivity index (χ0n) is 28.2. The number of nitrogens with one attached hydrogen (secondary N) is 1. The summed E-state index contributed by atoms with van der Waals surface area (Å²) in [5.74, 6) is 0. The Morgan fingerprint density at radius 2 is 1.04 bits per heavy atom. The van der Waals surface area contributed by atoms with E-state index in [1.165, 1.54) is 0 Å². The fourth-order valence-corrected chi connectivity index (χ4v) is 3.75. The minimum absolute atomic E-state index is 0.00344. The number of rotatable bonds is 7. The topological polar surface area (TPSA) is 167 Å². The van der Waals surface area contributed by atoms with Crippen LogP contribution < -0.4 is 11.1 Å². The van der Waals surface area contributed by atoms with Gasteiger partial charge in [-0.05, 0) is 111 Å². The maximum absolute atomic E-state index is 11.8. The zero-order valence-corrected chi connectivity index (χ0v) is 31.4. The van der Waals surface area contributed by atoms with Crippen LogP contribution in [0.15, 0.2) is 57.5 Å². The van der Waals surface area contributed by atoms with Gasteiger partial charge in [0.15, 0.2) is 0 Å². The molecule has 0 aromatic heterocycles. The van der Waals surface area contributed by atoms with E-state index in [0.717, 1.165) is 20.1 Å². The molecule has 260 valence electrons. The Bertz CT molecular complexity index is 1160. The van der Waals surface area contributed by atoms with Gasteiger partial charge in [-0.15, -0.1) is 0 Å². The molecule has 0 fully saturated rings. The first-order chi connectivity index (χ1) is 21.0. The average Bonchev–Trinajstić information content (AvgIpc) is 2.87. The highest BCUT2D eigenvalue weighted by Crippen LogP contribution is 2.21. The van der Waals surface area contributed by atoms with Gasteiger partial charge in [0.2, 0.25) is 0 Å². The van der Waals surface area contributed by atoms with Gasteiger partial charge in [0.1, 0.15) is 16.8 Å². The summed E-state index contributed by atoms with van der Waals surface area (Å²) < 4.78 is 21.0. The van der Waals surface area contributed by atoms with E-state index in [1.54, 1.807) is 41.5 Å². The van der Waals surface area contributed by atoms with Crippen LogP contribution in [0.2, 0.25) is 0 Å². The van der Waals surface area contributed by atoms with Crippen LogP contribution in [0.5, 0.6) is 0 Å². The van der Waals surface area contributed by atoms with E-state index >= 15 is 0 Å². The normalized spacial score (nSPS) is 12.6. The molecule has 2 atom stereocenters. The summed E-state index contributed by atoms with van der Waals surface area (Å²) in [6.45, 7) is 15.6. The molecule has 11 nitrogen and oxygen atoms in total. The van der Waals surface area contributed by atoms with Crippen molar-refractivity contribution in [1.29, 1.82) is 0 Å². The molecule has 46 heavy (non-hydrogen) atoms. The number of ether oxygens (including phenoxy) is 4. The highest BCUT2D eigenvalue weighted by atomic mass is 79.9. The molecule has 5 N–H and O–H groups in total. The molecular weight excluding hydrogens is 728 g/mol. The number of carbonyl (C=O) groups excluding carboxylic acids is 3. The van der Waals surface area contributed by atoms with Crippen LogP contribution >= 0.6 is 31.9 Å². The van der Waals surface area contributed by atoms with Crippen LogP contribution in [0.4, 0.5) is 14.4 Å². The molecule has 0 saturated heterocycles. The third-order valence-electron chi connectivity index (χ3n) is 5.07. The number of alkyl carbamates (subject to hydrolysis) is 1. The van der Waals surface area contributed by atoms with Gasteiger partial charge in [-0.3, -0.25) is 0 Å². The van der Waals surface area contributed by atoms with Crippen molar-refractivity contribution in [3.8, 4) is 0 Å². The van der Waals surface area contributed by atoms with Crippen molar-refractivity contribution in [2.24, 2.45) is 5.73 Å². The highest BCUT2D eigenvalue weighted by molar-refractivity contribution is 9.10. The molecule has 0 spiro atoms. The van der Waals surface area contributed by atoms with Gasteiger partial charge >= 0.3 is 18.4 Å². The number of nitrogens with two attached hydrogens (primary N) is 1. The van der Waals surface area contributed by atoms with Gasteiger partial charge in [-0.1, -0.05) is 56.1 Å². The smallest absolute Gasteiger partial charge is 0.444 e. The molecule has 1 amide bonds. The Labute approximate surface area is 289 Å². The predicted molar refractivity (Wildman–Crippen MR) is 184 cm³/mol. The average molecular weight is 779 g/mol. The van der Waals surface area contributed by atoms with Gasteiger partial charge in [0.25, 0.3) is 0 Å². The maximum atomic E-state index is 11.8. The van der Waals surface area contributed by atoms with Gasteiger partial charge in [-0.2, -0.15) is 0 Å². The fourth-order valence-electron chi connectivity index (χ4n) is 3.22. The first-order valence-electron chi connectivity index (χ1n) is 14.7. The van der Waals surface area contributed by atoms with E-state index in [0.29, 0.717) is 12.8 Å². The molecule has 13 heteroatoms. The molecular formula is C33H50Br2N2O9. The summed E-state index contributed by atoms with van der Waals surface area (Å²) in [7, 11) is 0. The van der Waals surface area contributed by atoms with Crippen LogP contribution in [0.1, 0.15) is 98.4 Å². The van der Waals surface area contributed by atoms with Crippen LogP contribution in [0, 0.1) is 0 Å². The molecule has 0 heterocycles. The van der Waals surface area contributed by atoms with Gasteiger partial charge in [-0.25, -0.2) is 14.4 Å². The standard InChI is InChI=1S/C14H20BrNO3.C10H18O5.C9H12BrNO/c1-14(2,3)19-13(18)16-12(8-9-17)10-4-6-11(15)7-5-10;1-9(2,3)14-7(11)13-8(12)15-10(4,5)6;10-8-3-1-7(2-4-8)9(11)5-6-12/h4-7,12,17H,8-9H2,1-3H3,(H,16,18);1-6H3;1-4,9,12H,5-6,11H2/t12-;;9-/m1.1/s1. The second-order valence-electron chi connectivity index (χ2n) is 13.0. The minimum Gasteiger partial charge on any atom is -0.444 e. The first kappa shape index (κ1) is 43.3. The van der Waals surface area contributed by atoms with E-state index in [4.69, 9.17) is 30.2 Å². The SMILES string of the molecule is CC(C)(C)OC(=O)N[C@H](CCO)c1ccc(Br)cc1.CC(C)(C)OC(=O)OC(=O)OC(C)(C)C.N[C@H](CCO)c1ccc(Br)cc1. The van der Waals surface area contributed by atoms with Crippen LogP contribution in [-0.4, -0.2) is 58.6 Å². The number of aliphatic hydroxyl groups excluding tert-OH is 2. The van der Waals surface area contributed by atoms with Crippen molar-refractivity contribution in [3.05, 3.63) is 68.6 Å². The number of aliphatic hydroxyl groups is 2. The third kappa shape index (κ3) is 22.7. The van der Waals surface area contributed by atoms with E-state index < -0.39 is 35.2 Å². The number of amides is 1. The van der Waals surface area contributed by atoms with Crippen molar-refractivity contribution >= 4 is 50.3 Å². The molecule has 0 bridgehead atoms. The summed E-state index contributed by atoms with van der Waals surface area (Å²) >= 11 is 6.71. The molecule has 0 aliphatic heterocycles. The Morgan fingerprint density at radius 1 is 0.674 bits per heavy atom. The summed E-state index contributed by atoms with van der Waals surface area (Å²) in [6.07, 6.45) is -1.54. The maximum Gasteiger partial charge on any atom is 0.519 e. The largest absolute Gasteiger partial charge is 0.519 e. The van der Waals surface area contributed by atoms with Crippen LogP contribution in [-0.2, 0) is 18.9 Å². The Kier molecular flexibility index (Phi) is 19.3. The van der Waals surface area contributed by atoms with E-state index in [1.807, 2.05) is 69.3 Å². The molecule has 2 rings (SSSR count). The molecule has 0 aliphatic carbocycles. The number of hydrogen-bond donors (Lipinski definition) is 4. The second-order valence-corrected chi connectivity index (χ2v) is 14.8. The third-order valence-corrected chi connectivity index (χ3v) is 6.12. The summed E-state index contributed by atoms with van der Waals surface area (Å²) in [4.78, 5) is 33.8. The van der Waals surface area contributed by atoms with E-state index in [2.05, 4.69) is 41.9 Å². The monoisotopic (exact) mass is 776 g/mol. The molecule has 2 aromatic rings. The Morgan fingerprint density at radius 3 is 1.39 bits per heavy atom. The number of halogens is 2. The zero-order chi connectivity index (χ0) is 35.7. The van der Waals surface area contributed by atoms with Crippen molar-refractivity contribution in [2.75, 3.05) is 13.2 Å². The van der Waals surface area contributed by atoms with Crippen molar-refractivity contribution < 1.29 is 43.5 Å². The lowest BCUT2D eigenvalue weighted by Crippen LogP contribution is -2.35. The van der Waals surface area contributed by atoms with E-state index in [-0.39, 0.29) is 25.3 Å². The van der Waals surface area contributed by atoms with Gasteiger partial charge in [0, 0.05) is 28.2 Å². The minimum atomic E-state index is -1.06. The summed E-state index contributed by atoms with van der Waals surface area (Å²) in [6, 6.07) is 15.1. The van der Waals surface area contributed by atoms with Crippen LogP contribution in [0.3, 0.4) is 0 Å². The van der Waals surface area contributed by atoms with Gasteiger partial charge < -0.3 is 40.2 Å². The van der Waals surface area contributed by atoms with Crippen molar-refractivity contribution in [3.63, 3.8) is 0 Å². The molecule has 0 aliphatic rings. The lowest BCUT2D eigenvalue weighted by atomic mass is 10.0. The Hall–Kier alpha value is -2.71. The van der Waals surface area contributed by atoms with Crippen LogP contribution in [0.25, 0.3) is 0 Å². The highest BCUT2D eigenvalue weighted by Gasteiger charge is 2.24. The first-order valence-corrected chi connectivity index (χ1v) is 16.3. The van der Waals surface area contributed by atoms with Crippen molar-refractivity contribution in [2.45, 2.75) is 104 Å². The quantitative estimate of drug-likeness (QED) is 0.123. The number of benzene rings is 2. The molecule has 0 saturated carbocycles. The summed E-state index contributed by atoms with van der Waals surface area (Å²) in [5, 5.41) is 20.5. The lowest BCUT2D eigenvalue weighted by molar-refractivity contribution is -0.0294. The predicted octanol–water partition coefficient (Wildman–Crippen LogP) is 8.10. The summed E-state index contributed by atoms with van der Waals surface area (Å²) in [5.41, 5.74) is 5.85. The van der Waals surface area contributed by atoms with Gasteiger partial charge in [0.05, 0.1) is 6.04 Å². The second kappa shape index (κ2) is 20.5. The number of hydrogen-bond acceptors (Lipinski definition) is 10. The van der Waals surface area contributed by atoms with E-state index in [9.17, 15) is 14.4 Å². The lowest BCUT2D eigenvalue weighted by Gasteiger charge is -2.23. The Balaban J connectivity index is 0.000000679. The molecule has 2 aromatic carbocycles.